The third kappa shape index (κ3) is 3.61. The normalized spacial score (nSPS) is 12.2. The first-order valence-electron chi connectivity index (χ1n) is 6.24. The predicted molar refractivity (Wildman–Crippen MR) is 87.3 cm³/mol. The summed E-state index contributed by atoms with van der Waals surface area (Å²) >= 11 is 7.24. The highest BCUT2D eigenvalue weighted by atomic mass is 79.9. The Bertz CT molecular complexity index is 549. The molecular formula is C16H16Br2O. The highest BCUT2D eigenvalue weighted by Crippen LogP contribution is 2.37. The van der Waals surface area contributed by atoms with Gasteiger partial charge in [0.05, 0.1) is 11.4 Å². The molecule has 1 nitrogen and oxygen atoms in total. The SMILES string of the molecule is CCOc1ccc(C)cc1C(Br)c1ccc(Br)cc1. The molecule has 19 heavy (non-hydrogen) atoms. The standard InChI is InChI=1S/C16H16Br2O/c1-3-19-15-9-4-11(2)10-14(15)16(18)12-5-7-13(17)8-6-12/h4-10,16H,3H2,1-2H3. The van der Waals surface area contributed by atoms with E-state index in [0.29, 0.717) is 6.61 Å². The van der Waals surface area contributed by atoms with Gasteiger partial charge in [-0.25, -0.2) is 0 Å². The van der Waals surface area contributed by atoms with Gasteiger partial charge in [0.25, 0.3) is 0 Å². The lowest BCUT2D eigenvalue weighted by Crippen LogP contribution is -2.00. The first-order chi connectivity index (χ1) is 9.11. The van der Waals surface area contributed by atoms with E-state index in [1.165, 1.54) is 16.7 Å². The number of aryl methyl sites for hydroxylation is 1. The van der Waals surface area contributed by atoms with Crippen molar-refractivity contribution >= 4 is 31.9 Å². The number of ether oxygens (including phenoxy) is 1. The van der Waals surface area contributed by atoms with Gasteiger partial charge >= 0.3 is 0 Å². The minimum atomic E-state index is 0.141. The van der Waals surface area contributed by atoms with Crippen LogP contribution in [0.4, 0.5) is 0 Å². The minimum Gasteiger partial charge on any atom is -0.494 e. The molecule has 0 bridgehead atoms. The van der Waals surface area contributed by atoms with Crippen molar-refractivity contribution in [3.63, 3.8) is 0 Å². The summed E-state index contributed by atoms with van der Waals surface area (Å²) in [5.74, 6) is 0.942. The van der Waals surface area contributed by atoms with Crippen molar-refractivity contribution in [1.29, 1.82) is 0 Å². The van der Waals surface area contributed by atoms with Crippen molar-refractivity contribution in [1.82, 2.24) is 0 Å². The fourth-order valence-corrected chi connectivity index (χ4v) is 2.89. The van der Waals surface area contributed by atoms with Crippen molar-refractivity contribution in [3.05, 3.63) is 63.6 Å². The molecule has 0 aliphatic carbocycles. The zero-order valence-electron chi connectivity index (χ0n) is 11.0. The number of halogens is 2. The first kappa shape index (κ1) is 14.6. The van der Waals surface area contributed by atoms with E-state index in [1.807, 2.05) is 13.0 Å². The third-order valence-electron chi connectivity index (χ3n) is 2.90. The molecule has 0 aliphatic heterocycles. The molecule has 0 saturated heterocycles. The van der Waals surface area contributed by atoms with Crippen LogP contribution in [0, 0.1) is 6.92 Å². The Morgan fingerprint density at radius 2 is 1.79 bits per heavy atom. The molecule has 1 atom stereocenters. The van der Waals surface area contributed by atoms with Crippen LogP contribution < -0.4 is 4.74 Å². The third-order valence-corrected chi connectivity index (χ3v) is 4.45. The van der Waals surface area contributed by atoms with Gasteiger partial charge in [0, 0.05) is 10.0 Å². The molecule has 2 aromatic rings. The van der Waals surface area contributed by atoms with Crippen molar-refractivity contribution in [2.24, 2.45) is 0 Å². The quantitative estimate of drug-likeness (QED) is 0.620. The second kappa shape index (κ2) is 6.58. The lowest BCUT2D eigenvalue weighted by Gasteiger charge is -2.16. The van der Waals surface area contributed by atoms with Crippen molar-refractivity contribution in [2.45, 2.75) is 18.7 Å². The fourth-order valence-electron chi connectivity index (χ4n) is 1.96. The van der Waals surface area contributed by atoms with Crippen LogP contribution in [0.25, 0.3) is 0 Å². The van der Waals surface area contributed by atoms with Gasteiger partial charge in [-0.1, -0.05) is 61.7 Å². The van der Waals surface area contributed by atoms with Crippen LogP contribution in [-0.4, -0.2) is 6.61 Å². The van der Waals surface area contributed by atoms with E-state index in [2.05, 4.69) is 75.2 Å². The van der Waals surface area contributed by atoms with E-state index in [1.54, 1.807) is 0 Å². The van der Waals surface area contributed by atoms with Crippen LogP contribution in [0.3, 0.4) is 0 Å². The Balaban J connectivity index is 2.39. The van der Waals surface area contributed by atoms with Gasteiger partial charge in [-0.15, -0.1) is 0 Å². The lowest BCUT2D eigenvalue weighted by molar-refractivity contribution is 0.337. The van der Waals surface area contributed by atoms with E-state index in [-0.39, 0.29) is 4.83 Å². The van der Waals surface area contributed by atoms with Crippen molar-refractivity contribution in [2.75, 3.05) is 6.61 Å². The summed E-state index contributed by atoms with van der Waals surface area (Å²) in [7, 11) is 0. The Morgan fingerprint density at radius 3 is 2.42 bits per heavy atom. The average Bonchev–Trinajstić information content (AvgIpc) is 2.41. The maximum atomic E-state index is 5.72. The Kier molecular flexibility index (Phi) is 5.06. The summed E-state index contributed by atoms with van der Waals surface area (Å²) in [5, 5.41) is 0. The molecule has 0 fully saturated rings. The van der Waals surface area contributed by atoms with Crippen molar-refractivity contribution in [3.8, 4) is 5.75 Å². The molecule has 0 heterocycles. The monoisotopic (exact) mass is 382 g/mol. The first-order valence-corrected chi connectivity index (χ1v) is 7.95. The van der Waals surface area contributed by atoms with Gasteiger partial charge in [-0.2, -0.15) is 0 Å². The number of hydrogen-bond acceptors (Lipinski definition) is 1. The second-order valence-electron chi connectivity index (χ2n) is 4.39. The largest absolute Gasteiger partial charge is 0.494 e. The van der Waals surface area contributed by atoms with Gasteiger partial charge in [0.2, 0.25) is 0 Å². The summed E-state index contributed by atoms with van der Waals surface area (Å²) in [4.78, 5) is 0.141. The topological polar surface area (TPSA) is 9.23 Å². The Labute approximate surface area is 131 Å². The molecule has 0 aromatic heterocycles. The number of rotatable bonds is 4. The van der Waals surface area contributed by atoms with E-state index >= 15 is 0 Å². The molecule has 0 radical (unpaired) electrons. The zero-order chi connectivity index (χ0) is 13.8. The van der Waals surface area contributed by atoms with Gasteiger partial charge in [-0.05, 0) is 37.6 Å². The van der Waals surface area contributed by atoms with Crippen LogP contribution in [0.2, 0.25) is 0 Å². The maximum absolute atomic E-state index is 5.72. The molecule has 100 valence electrons. The highest BCUT2D eigenvalue weighted by Gasteiger charge is 2.15. The predicted octanol–water partition coefficient (Wildman–Crippen LogP) is 5.64. The van der Waals surface area contributed by atoms with Gasteiger partial charge in [0.1, 0.15) is 5.75 Å². The lowest BCUT2D eigenvalue weighted by atomic mass is 10.0. The average molecular weight is 384 g/mol. The number of hydrogen-bond donors (Lipinski definition) is 0. The van der Waals surface area contributed by atoms with Crippen LogP contribution in [-0.2, 0) is 0 Å². The molecule has 0 spiro atoms. The van der Waals surface area contributed by atoms with Crippen LogP contribution in [0.15, 0.2) is 46.9 Å². The molecular weight excluding hydrogens is 368 g/mol. The molecule has 3 heteroatoms. The smallest absolute Gasteiger partial charge is 0.123 e. The number of alkyl halides is 1. The van der Waals surface area contributed by atoms with Crippen molar-refractivity contribution < 1.29 is 4.74 Å². The van der Waals surface area contributed by atoms with E-state index in [9.17, 15) is 0 Å². The summed E-state index contributed by atoms with van der Waals surface area (Å²) in [6, 6.07) is 14.6. The fraction of sp³-hybridized carbons (Fsp3) is 0.250. The second-order valence-corrected chi connectivity index (χ2v) is 6.22. The van der Waals surface area contributed by atoms with Crippen LogP contribution >= 0.6 is 31.9 Å². The minimum absolute atomic E-state index is 0.141. The molecule has 1 unspecified atom stereocenters. The van der Waals surface area contributed by atoms with E-state index in [0.717, 1.165) is 10.2 Å². The molecule has 0 aliphatic rings. The molecule has 2 rings (SSSR count). The van der Waals surface area contributed by atoms with Crippen LogP contribution in [0.1, 0.15) is 28.4 Å². The molecule has 2 aromatic carbocycles. The summed E-state index contributed by atoms with van der Waals surface area (Å²) in [6.07, 6.45) is 0. The van der Waals surface area contributed by atoms with E-state index < -0.39 is 0 Å². The maximum Gasteiger partial charge on any atom is 0.123 e. The summed E-state index contributed by atoms with van der Waals surface area (Å²) in [6.45, 7) is 4.78. The number of benzene rings is 2. The van der Waals surface area contributed by atoms with Crippen LogP contribution in [0.5, 0.6) is 5.75 Å². The molecule has 0 saturated carbocycles. The highest BCUT2D eigenvalue weighted by molar-refractivity contribution is 9.10. The Hall–Kier alpha value is -0.800. The van der Waals surface area contributed by atoms with Gasteiger partial charge in [0.15, 0.2) is 0 Å². The summed E-state index contributed by atoms with van der Waals surface area (Å²) in [5.41, 5.74) is 3.62. The Morgan fingerprint density at radius 1 is 1.11 bits per heavy atom. The van der Waals surface area contributed by atoms with E-state index in [4.69, 9.17) is 4.74 Å². The molecule has 0 N–H and O–H groups in total. The zero-order valence-corrected chi connectivity index (χ0v) is 14.2. The molecule has 0 amide bonds. The van der Waals surface area contributed by atoms with Gasteiger partial charge < -0.3 is 4.74 Å². The van der Waals surface area contributed by atoms with Gasteiger partial charge in [-0.3, -0.25) is 0 Å². The summed E-state index contributed by atoms with van der Waals surface area (Å²) < 4.78 is 6.81.